The van der Waals surface area contributed by atoms with Gasteiger partial charge in [-0.1, -0.05) is 6.07 Å². The van der Waals surface area contributed by atoms with E-state index in [9.17, 15) is 9.59 Å². The number of nitrogens with zero attached hydrogens (tertiary/aromatic N) is 4. The highest BCUT2D eigenvalue weighted by molar-refractivity contribution is 5.86. The van der Waals surface area contributed by atoms with Gasteiger partial charge in [0.1, 0.15) is 0 Å². The third kappa shape index (κ3) is 3.09. The molecule has 3 rings (SSSR count). The zero-order valence-corrected chi connectivity index (χ0v) is 14.8. The summed E-state index contributed by atoms with van der Waals surface area (Å²) < 4.78 is 0. The van der Waals surface area contributed by atoms with E-state index >= 15 is 0 Å². The fourth-order valence-corrected chi connectivity index (χ4v) is 3.88. The van der Waals surface area contributed by atoms with Crippen LogP contribution in [0, 0.1) is 12.3 Å². The third-order valence-electron chi connectivity index (χ3n) is 5.13. The van der Waals surface area contributed by atoms with Crippen LogP contribution in [0.1, 0.15) is 30.7 Å². The van der Waals surface area contributed by atoms with Gasteiger partial charge in [0, 0.05) is 39.4 Å². The summed E-state index contributed by atoms with van der Waals surface area (Å²) in [5.41, 5.74) is 1.50. The molecule has 6 nitrogen and oxygen atoms in total. The van der Waals surface area contributed by atoms with Crippen LogP contribution in [0.4, 0.5) is 4.79 Å². The Balaban J connectivity index is 1.71. The van der Waals surface area contributed by atoms with Crippen LogP contribution in [0.5, 0.6) is 0 Å². The Morgan fingerprint density at radius 1 is 1.29 bits per heavy atom. The van der Waals surface area contributed by atoms with E-state index in [1.807, 2.05) is 34.9 Å². The Kier molecular flexibility index (Phi) is 4.47. The second kappa shape index (κ2) is 6.42. The number of pyridine rings is 1. The molecule has 0 radical (unpaired) electrons. The number of urea groups is 1. The van der Waals surface area contributed by atoms with Gasteiger partial charge in [-0.15, -0.1) is 0 Å². The first-order valence-electron chi connectivity index (χ1n) is 8.59. The zero-order valence-electron chi connectivity index (χ0n) is 14.8. The van der Waals surface area contributed by atoms with Crippen molar-refractivity contribution >= 4 is 11.9 Å². The van der Waals surface area contributed by atoms with Gasteiger partial charge in [0.15, 0.2) is 0 Å². The molecule has 1 aromatic rings. The van der Waals surface area contributed by atoms with E-state index in [2.05, 4.69) is 4.98 Å². The molecule has 3 heterocycles. The van der Waals surface area contributed by atoms with Crippen molar-refractivity contribution in [1.29, 1.82) is 0 Å². The molecular weight excluding hydrogens is 304 g/mol. The van der Waals surface area contributed by atoms with E-state index in [1.54, 1.807) is 19.0 Å². The Morgan fingerprint density at radius 3 is 2.79 bits per heavy atom. The lowest BCUT2D eigenvalue weighted by atomic mass is 9.78. The van der Waals surface area contributed by atoms with Gasteiger partial charge in [-0.05, 0) is 38.3 Å². The van der Waals surface area contributed by atoms with Crippen molar-refractivity contribution in [3.05, 3.63) is 29.6 Å². The normalized spacial score (nSPS) is 23.9. The van der Waals surface area contributed by atoms with Crippen molar-refractivity contribution in [2.75, 3.05) is 33.7 Å². The second-order valence-corrected chi connectivity index (χ2v) is 7.23. The molecule has 2 aliphatic heterocycles. The lowest BCUT2D eigenvalue weighted by Crippen LogP contribution is -2.52. The number of carbonyl (C=O) groups excluding carboxylic acids is 2. The number of carbonyl (C=O) groups is 2. The average molecular weight is 330 g/mol. The number of hydrogen-bond donors (Lipinski definition) is 0. The Labute approximate surface area is 143 Å². The first-order valence-corrected chi connectivity index (χ1v) is 8.59. The van der Waals surface area contributed by atoms with Gasteiger partial charge in [0.25, 0.3) is 0 Å². The van der Waals surface area contributed by atoms with Crippen LogP contribution in [0.2, 0.25) is 0 Å². The summed E-state index contributed by atoms with van der Waals surface area (Å²) in [6.07, 6.45) is 2.59. The predicted octanol–water partition coefficient (Wildman–Crippen LogP) is 1.89. The van der Waals surface area contributed by atoms with Crippen molar-refractivity contribution < 1.29 is 9.59 Å². The maximum atomic E-state index is 13.1. The maximum Gasteiger partial charge on any atom is 0.319 e. The zero-order chi connectivity index (χ0) is 17.3. The summed E-state index contributed by atoms with van der Waals surface area (Å²) in [6.45, 7) is 4.55. The van der Waals surface area contributed by atoms with Crippen LogP contribution in [0.3, 0.4) is 0 Å². The number of aromatic nitrogens is 1. The van der Waals surface area contributed by atoms with Crippen molar-refractivity contribution in [3.8, 4) is 0 Å². The maximum absolute atomic E-state index is 13.1. The number of piperidine rings is 1. The highest BCUT2D eigenvalue weighted by Crippen LogP contribution is 2.40. The first-order chi connectivity index (χ1) is 11.4. The van der Waals surface area contributed by atoms with Crippen LogP contribution in [-0.2, 0) is 11.3 Å². The monoisotopic (exact) mass is 330 g/mol. The third-order valence-corrected chi connectivity index (χ3v) is 5.13. The summed E-state index contributed by atoms with van der Waals surface area (Å²) in [5.74, 6) is 0.182. The molecule has 24 heavy (non-hydrogen) atoms. The summed E-state index contributed by atoms with van der Waals surface area (Å²) >= 11 is 0. The molecule has 0 aliphatic carbocycles. The Bertz CT molecular complexity index is 646. The summed E-state index contributed by atoms with van der Waals surface area (Å²) in [6, 6.07) is 5.91. The topological polar surface area (TPSA) is 56.8 Å². The molecule has 2 aliphatic rings. The number of rotatable bonds is 2. The molecule has 1 aromatic heterocycles. The fraction of sp³-hybridized carbons (Fsp3) is 0.611. The van der Waals surface area contributed by atoms with Crippen LogP contribution >= 0.6 is 0 Å². The number of amides is 3. The summed E-state index contributed by atoms with van der Waals surface area (Å²) in [5, 5.41) is 0. The predicted molar refractivity (Wildman–Crippen MR) is 91.3 cm³/mol. The molecular formula is C18H26N4O2. The van der Waals surface area contributed by atoms with Gasteiger partial charge in [-0.25, -0.2) is 4.79 Å². The fourth-order valence-electron chi connectivity index (χ4n) is 3.88. The standard InChI is InChI=1S/C18H26N4O2/c1-14-6-4-7-15(19-14)12-21-11-9-18(16(21)23)8-5-10-22(13-18)17(24)20(2)3/h4,6-7H,5,8-13H2,1-3H3/t18-/m1/s1. The van der Waals surface area contributed by atoms with E-state index in [-0.39, 0.29) is 11.9 Å². The molecule has 2 fully saturated rings. The highest BCUT2D eigenvalue weighted by Gasteiger charge is 2.49. The van der Waals surface area contributed by atoms with E-state index in [0.29, 0.717) is 13.1 Å². The van der Waals surface area contributed by atoms with Gasteiger partial charge < -0.3 is 14.7 Å². The first kappa shape index (κ1) is 16.7. The molecule has 130 valence electrons. The molecule has 0 bridgehead atoms. The minimum Gasteiger partial charge on any atom is -0.336 e. The molecule has 6 heteroatoms. The van der Waals surface area contributed by atoms with Gasteiger partial charge in [0.05, 0.1) is 17.7 Å². The van der Waals surface area contributed by atoms with Crippen LogP contribution in [0.25, 0.3) is 0 Å². The van der Waals surface area contributed by atoms with E-state index < -0.39 is 5.41 Å². The quantitative estimate of drug-likeness (QED) is 0.832. The number of hydrogen-bond acceptors (Lipinski definition) is 3. The highest BCUT2D eigenvalue weighted by atomic mass is 16.2. The average Bonchev–Trinajstić information content (AvgIpc) is 2.83. The van der Waals surface area contributed by atoms with E-state index in [4.69, 9.17) is 0 Å². The molecule has 0 aromatic carbocycles. The van der Waals surface area contributed by atoms with Crippen LogP contribution in [0.15, 0.2) is 18.2 Å². The smallest absolute Gasteiger partial charge is 0.319 e. The number of likely N-dealkylation sites (tertiary alicyclic amines) is 2. The second-order valence-electron chi connectivity index (χ2n) is 7.23. The van der Waals surface area contributed by atoms with Gasteiger partial charge >= 0.3 is 6.03 Å². The van der Waals surface area contributed by atoms with Gasteiger partial charge in [0.2, 0.25) is 5.91 Å². The summed E-state index contributed by atoms with van der Waals surface area (Å²) in [7, 11) is 3.52. The lowest BCUT2D eigenvalue weighted by molar-refractivity contribution is -0.138. The molecule has 1 spiro atoms. The van der Waals surface area contributed by atoms with Crippen molar-refractivity contribution in [2.24, 2.45) is 5.41 Å². The largest absolute Gasteiger partial charge is 0.336 e. The molecule has 0 N–H and O–H groups in total. The number of aryl methyl sites for hydroxylation is 1. The van der Waals surface area contributed by atoms with Crippen molar-refractivity contribution in [2.45, 2.75) is 32.7 Å². The molecule has 1 atom stereocenters. The van der Waals surface area contributed by atoms with Crippen molar-refractivity contribution in [1.82, 2.24) is 19.7 Å². The summed E-state index contributed by atoms with van der Waals surface area (Å²) in [4.78, 5) is 35.2. The molecule has 2 saturated heterocycles. The van der Waals surface area contributed by atoms with E-state index in [1.165, 1.54) is 0 Å². The van der Waals surface area contributed by atoms with Crippen LogP contribution in [-0.4, -0.2) is 65.4 Å². The van der Waals surface area contributed by atoms with Gasteiger partial charge in [-0.2, -0.15) is 0 Å². The minimum absolute atomic E-state index is 0.000626. The van der Waals surface area contributed by atoms with Gasteiger partial charge in [-0.3, -0.25) is 9.78 Å². The molecule has 0 unspecified atom stereocenters. The van der Waals surface area contributed by atoms with Crippen LogP contribution < -0.4 is 0 Å². The molecule has 0 saturated carbocycles. The molecule has 3 amide bonds. The van der Waals surface area contributed by atoms with Crippen molar-refractivity contribution in [3.63, 3.8) is 0 Å². The SMILES string of the molecule is Cc1cccc(CN2CC[C@@]3(CCCN(C(=O)N(C)C)C3)C2=O)n1. The minimum atomic E-state index is -0.395. The lowest BCUT2D eigenvalue weighted by Gasteiger charge is -2.39. The Morgan fingerprint density at radius 2 is 2.08 bits per heavy atom. The Hall–Kier alpha value is -2.11. The van der Waals surface area contributed by atoms with E-state index in [0.717, 1.165) is 43.7 Å².